The number of hydrogen-bond donors (Lipinski definition) is 1. The molecule has 0 aliphatic heterocycles. The predicted molar refractivity (Wildman–Crippen MR) is 82.6 cm³/mol. The van der Waals surface area contributed by atoms with Gasteiger partial charge < -0.3 is 5.32 Å². The van der Waals surface area contributed by atoms with E-state index in [2.05, 4.69) is 10.3 Å². The quantitative estimate of drug-likeness (QED) is 0.863. The third-order valence-corrected chi connectivity index (χ3v) is 3.68. The van der Waals surface area contributed by atoms with Crippen molar-refractivity contribution in [2.24, 2.45) is 0 Å². The van der Waals surface area contributed by atoms with Crippen molar-refractivity contribution < 1.29 is 4.79 Å². The number of amides is 1. The van der Waals surface area contributed by atoms with Crippen LogP contribution < -0.4 is 5.32 Å². The molecule has 0 atom stereocenters. The highest BCUT2D eigenvalue weighted by atomic mass is 35.5. The topological polar surface area (TPSA) is 46.9 Å². The molecule has 0 aliphatic carbocycles. The van der Waals surface area contributed by atoms with Crippen molar-refractivity contribution in [1.29, 1.82) is 0 Å². The summed E-state index contributed by atoms with van der Waals surface area (Å²) in [5, 5.41) is 4.30. The molecule has 0 radical (unpaired) electrons. The maximum atomic E-state index is 11.7. The second kappa shape index (κ2) is 6.81. The molecule has 1 N–H and O–H groups in total. The number of imidazole rings is 1. The van der Waals surface area contributed by atoms with Gasteiger partial charge in [-0.05, 0) is 32.0 Å². The number of nitrogens with one attached hydrogen (secondary N) is 1. The van der Waals surface area contributed by atoms with Crippen molar-refractivity contribution in [2.45, 2.75) is 25.0 Å². The summed E-state index contributed by atoms with van der Waals surface area (Å²) in [7, 11) is 0. The lowest BCUT2D eigenvalue weighted by Crippen LogP contribution is -2.31. The Labute approximate surface area is 127 Å². The van der Waals surface area contributed by atoms with Crippen LogP contribution in [0, 0.1) is 0 Å². The van der Waals surface area contributed by atoms with Crippen LogP contribution in [0.15, 0.2) is 41.8 Å². The molecule has 0 aliphatic rings. The lowest BCUT2D eigenvalue weighted by molar-refractivity contribution is -0.119. The second-order valence-corrected chi connectivity index (χ2v) is 5.95. The lowest BCUT2D eigenvalue weighted by Gasteiger charge is -2.09. The van der Waals surface area contributed by atoms with Gasteiger partial charge in [-0.2, -0.15) is 0 Å². The fraction of sp³-hybridized carbons (Fsp3) is 0.286. The molecule has 0 unspecified atom stereocenters. The van der Waals surface area contributed by atoms with E-state index in [9.17, 15) is 4.79 Å². The Morgan fingerprint density at radius 1 is 1.50 bits per heavy atom. The molecule has 0 saturated carbocycles. The molecule has 2 rings (SSSR count). The molecule has 20 heavy (non-hydrogen) atoms. The number of hydrogen-bond acceptors (Lipinski definition) is 3. The molecular weight excluding hydrogens is 294 g/mol. The SMILES string of the molecule is CC(C)NC(=O)CSc1nccn1-c1cccc(Cl)c1. The minimum Gasteiger partial charge on any atom is -0.353 e. The van der Waals surface area contributed by atoms with Gasteiger partial charge in [0, 0.05) is 29.1 Å². The summed E-state index contributed by atoms with van der Waals surface area (Å²) in [6.45, 7) is 3.88. The third-order valence-electron chi connectivity index (χ3n) is 2.48. The molecule has 2 aromatic rings. The van der Waals surface area contributed by atoms with E-state index in [0.29, 0.717) is 10.8 Å². The fourth-order valence-electron chi connectivity index (χ4n) is 1.71. The number of rotatable bonds is 5. The molecule has 106 valence electrons. The molecular formula is C14H16ClN3OS. The second-order valence-electron chi connectivity index (χ2n) is 4.57. The number of aromatic nitrogens is 2. The summed E-state index contributed by atoms with van der Waals surface area (Å²) in [6, 6.07) is 7.67. The van der Waals surface area contributed by atoms with Crippen molar-refractivity contribution in [3.63, 3.8) is 0 Å². The highest BCUT2D eigenvalue weighted by Crippen LogP contribution is 2.22. The Morgan fingerprint density at radius 2 is 2.30 bits per heavy atom. The van der Waals surface area contributed by atoms with Crippen LogP contribution in [0.2, 0.25) is 5.02 Å². The third kappa shape index (κ3) is 4.02. The number of nitrogens with zero attached hydrogens (tertiary/aromatic N) is 2. The van der Waals surface area contributed by atoms with Gasteiger partial charge in [-0.3, -0.25) is 9.36 Å². The summed E-state index contributed by atoms with van der Waals surface area (Å²) in [6.07, 6.45) is 3.57. The molecule has 6 heteroatoms. The zero-order valence-corrected chi connectivity index (χ0v) is 12.9. The zero-order valence-electron chi connectivity index (χ0n) is 11.3. The summed E-state index contributed by atoms with van der Waals surface area (Å²) < 4.78 is 1.92. The number of halogens is 1. The van der Waals surface area contributed by atoms with Crippen LogP contribution in [-0.2, 0) is 4.79 Å². The van der Waals surface area contributed by atoms with Gasteiger partial charge in [0.2, 0.25) is 5.91 Å². The van der Waals surface area contributed by atoms with Crippen LogP contribution in [-0.4, -0.2) is 27.3 Å². The molecule has 4 nitrogen and oxygen atoms in total. The van der Waals surface area contributed by atoms with Crippen molar-refractivity contribution in [3.05, 3.63) is 41.7 Å². The first-order valence-corrected chi connectivity index (χ1v) is 7.64. The number of carbonyl (C=O) groups is 1. The van der Waals surface area contributed by atoms with Gasteiger partial charge in [0.15, 0.2) is 5.16 Å². The Hall–Kier alpha value is -1.46. The Morgan fingerprint density at radius 3 is 3.00 bits per heavy atom. The molecule has 0 bridgehead atoms. The monoisotopic (exact) mass is 309 g/mol. The molecule has 1 amide bonds. The average molecular weight is 310 g/mol. The highest BCUT2D eigenvalue weighted by Gasteiger charge is 2.09. The van der Waals surface area contributed by atoms with E-state index in [4.69, 9.17) is 11.6 Å². The fourth-order valence-corrected chi connectivity index (χ4v) is 2.68. The molecule has 0 fully saturated rings. The number of thioether (sulfide) groups is 1. The lowest BCUT2D eigenvalue weighted by atomic mass is 10.3. The maximum absolute atomic E-state index is 11.7. The van der Waals surface area contributed by atoms with Gasteiger partial charge in [0.25, 0.3) is 0 Å². The van der Waals surface area contributed by atoms with E-state index < -0.39 is 0 Å². The summed E-state index contributed by atoms with van der Waals surface area (Å²) >= 11 is 7.40. The van der Waals surface area contributed by atoms with E-state index >= 15 is 0 Å². The van der Waals surface area contributed by atoms with Crippen LogP contribution in [0.3, 0.4) is 0 Å². The Bertz CT molecular complexity index is 598. The largest absolute Gasteiger partial charge is 0.353 e. The van der Waals surface area contributed by atoms with Gasteiger partial charge in [-0.25, -0.2) is 4.98 Å². The van der Waals surface area contributed by atoms with Crippen LogP contribution in [0.5, 0.6) is 0 Å². The molecule has 1 aromatic carbocycles. The number of carbonyl (C=O) groups excluding carboxylic acids is 1. The van der Waals surface area contributed by atoms with Gasteiger partial charge in [0.05, 0.1) is 5.75 Å². The minimum absolute atomic E-state index is 0.00523. The standard InChI is InChI=1S/C14H16ClN3OS/c1-10(2)17-13(19)9-20-14-16-6-7-18(14)12-5-3-4-11(15)8-12/h3-8,10H,9H2,1-2H3,(H,17,19). The average Bonchev–Trinajstić information content (AvgIpc) is 2.84. The smallest absolute Gasteiger partial charge is 0.230 e. The Kier molecular flexibility index (Phi) is 5.09. The molecule has 0 saturated heterocycles. The number of benzene rings is 1. The first-order valence-electron chi connectivity index (χ1n) is 6.27. The van der Waals surface area contributed by atoms with Gasteiger partial charge in [0.1, 0.15) is 0 Å². The summed E-state index contributed by atoms with van der Waals surface area (Å²) in [5.74, 6) is 0.348. The maximum Gasteiger partial charge on any atom is 0.230 e. The van der Waals surface area contributed by atoms with Crippen LogP contribution in [0.4, 0.5) is 0 Å². The zero-order chi connectivity index (χ0) is 14.5. The molecule has 0 spiro atoms. The first-order chi connectivity index (χ1) is 9.56. The Balaban J connectivity index is 2.08. The molecule has 1 aromatic heterocycles. The first kappa shape index (κ1) is 14.9. The van der Waals surface area contributed by atoms with Gasteiger partial charge in [-0.15, -0.1) is 0 Å². The van der Waals surface area contributed by atoms with Gasteiger partial charge >= 0.3 is 0 Å². The van der Waals surface area contributed by atoms with Crippen molar-refractivity contribution in [1.82, 2.24) is 14.9 Å². The van der Waals surface area contributed by atoms with Crippen molar-refractivity contribution in [2.75, 3.05) is 5.75 Å². The van der Waals surface area contributed by atoms with Gasteiger partial charge in [-0.1, -0.05) is 29.4 Å². The van der Waals surface area contributed by atoms with E-state index in [1.165, 1.54) is 11.8 Å². The van der Waals surface area contributed by atoms with E-state index in [1.807, 2.05) is 48.9 Å². The van der Waals surface area contributed by atoms with Crippen LogP contribution >= 0.6 is 23.4 Å². The van der Waals surface area contributed by atoms with E-state index in [1.54, 1.807) is 6.20 Å². The van der Waals surface area contributed by atoms with Crippen LogP contribution in [0.1, 0.15) is 13.8 Å². The highest BCUT2D eigenvalue weighted by molar-refractivity contribution is 7.99. The predicted octanol–water partition coefficient (Wildman–Crippen LogP) is 3.14. The van der Waals surface area contributed by atoms with E-state index in [-0.39, 0.29) is 11.9 Å². The summed E-state index contributed by atoms with van der Waals surface area (Å²) in [5.41, 5.74) is 0.932. The van der Waals surface area contributed by atoms with Crippen molar-refractivity contribution >= 4 is 29.3 Å². The van der Waals surface area contributed by atoms with E-state index in [0.717, 1.165) is 10.8 Å². The van der Waals surface area contributed by atoms with Crippen LogP contribution in [0.25, 0.3) is 5.69 Å². The molecule has 1 heterocycles. The minimum atomic E-state index is 0.00523. The normalized spacial score (nSPS) is 10.8. The van der Waals surface area contributed by atoms with Crippen molar-refractivity contribution in [3.8, 4) is 5.69 Å². The summed E-state index contributed by atoms with van der Waals surface area (Å²) in [4.78, 5) is 15.9.